The lowest BCUT2D eigenvalue weighted by molar-refractivity contribution is -0.00536. The highest BCUT2D eigenvalue weighted by Gasteiger charge is 2.25. The van der Waals surface area contributed by atoms with Crippen LogP contribution in [0.3, 0.4) is 0 Å². The molecule has 1 fully saturated rings. The molecule has 5 nitrogen and oxygen atoms in total. The van der Waals surface area contributed by atoms with Gasteiger partial charge in [0, 0.05) is 36.4 Å². The molecule has 0 saturated carbocycles. The van der Waals surface area contributed by atoms with Crippen molar-refractivity contribution in [3.8, 4) is 11.4 Å². The van der Waals surface area contributed by atoms with E-state index in [9.17, 15) is 0 Å². The molecule has 24 heavy (non-hydrogen) atoms. The summed E-state index contributed by atoms with van der Waals surface area (Å²) < 4.78 is 5.87. The molecule has 1 aliphatic rings. The van der Waals surface area contributed by atoms with Crippen molar-refractivity contribution in [2.45, 2.75) is 26.1 Å². The molecule has 2 unspecified atom stereocenters. The average Bonchev–Trinajstić information content (AvgIpc) is 2.60. The number of rotatable bonds is 2. The average molecular weight is 320 g/mol. The van der Waals surface area contributed by atoms with Crippen LogP contribution in [-0.2, 0) is 4.74 Å². The molecular weight excluding hydrogens is 300 g/mol. The minimum atomic E-state index is 0.185. The second kappa shape index (κ2) is 6.17. The van der Waals surface area contributed by atoms with Crippen LogP contribution in [0.1, 0.15) is 13.8 Å². The molecule has 1 saturated heterocycles. The molecule has 2 atom stereocenters. The Morgan fingerprint density at radius 1 is 1.00 bits per heavy atom. The molecule has 0 bridgehead atoms. The molecule has 1 aliphatic heterocycles. The van der Waals surface area contributed by atoms with Gasteiger partial charge in [0.2, 0.25) is 0 Å². The molecule has 0 spiro atoms. The number of hydrogen-bond donors (Lipinski definition) is 0. The summed E-state index contributed by atoms with van der Waals surface area (Å²) in [6.07, 6.45) is 3.93. The van der Waals surface area contributed by atoms with E-state index in [2.05, 4.69) is 29.8 Å². The first-order valence-electron chi connectivity index (χ1n) is 8.28. The second-order valence-electron chi connectivity index (χ2n) is 6.29. The fourth-order valence-electron chi connectivity index (χ4n) is 3.28. The molecule has 0 N–H and O–H groups in total. The molecule has 0 amide bonds. The summed E-state index contributed by atoms with van der Waals surface area (Å²) >= 11 is 0. The predicted molar refractivity (Wildman–Crippen MR) is 95.0 cm³/mol. The Morgan fingerprint density at radius 3 is 2.54 bits per heavy atom. The lowest BCUT2D eigenvalue weighted by Gasteiger charge is -2.36. The highest BCUT2D eigenvalue weighted by molar-refractivity contribution is 5.91. The number of pyridine rings is 1. The summed E-state index contributed by atoms with van der Waals surface area (Å²) in [4.78, 5) is 16.1. The van der Waals surface area contributed by atoms with Crippen molar-refractivity contribution in [3.63, 3.8) is 0 Å². The standard InChI is InChI=1S/C19H20N4O/c1-13-11-23(12-14(2)24-13)19-16-7-3-4-8-17(16)21-18(22-19)15-6-5-9-20-10-15/h3-10,13-14H,11-12H2,1-2H3. The summed E-state index contributed by atoms with van der Waals surface area (Å²) in [7, 11) is 0. The van der Waals surface area contributed by atoms with Crippen molar-refractivity contribution in [1.82, 2.24) is 15.0 Å². The van der Waals surface area contributed by atoms with E-state index in [1.54, 1.807) is 12.4 Å². The molecule has 3 aromatic rings. The fourth-order valence-corrected chi connectivity index (χ4v) is 3.28. The maximum Gasteiger partial charge on any atom is 0.163 e. The van der Waals surface area contributed by atoms with Crippen LogP contribution in [0, 0.1) is 0 Å². The summed E-state index contributed by atoms with van der Waals surface area (Å²) in [5, 5.41) is 1.08. The van der Waals surface area contributed by atoms with Crippen molar-refractivity contribution in [1.29, 1.82) is 0 Å². The largest absolute Gasteiger partial charge is 0.372 e. The van der Waals surface area contributed by atoms with Crippen LogP contribution in [0.5, 0.6) is 0 Å². The molecular formula is C19H20N4O. The van der Waals surface area contributed by atoms with E-state index in [1.165, 1.54) is 0 Å². The Bertz CT molecular complexity index is 842. The number of aromatic nitrogens is 3. The first-order chi connectivity index (χ1) is 11.7. The van der Waals surface area contributed by atoms with Gasteiger partial charge in [-0.1, -0.05) is 12.1 Å². The maximum absolute atomic E-state index is 5.87. The first kappa shape index (κ1) is 15.0. The Morgan fingerprint density at radius 2 is 1.79 bits per heavy atom. The second-order valence-corrected chi connectivity index (χ2v) is 6.29. The monoisotopic (exact) mass is 320 g/mol. The highest BCUT2D eigenvalue weighted by atomic mass is 16.5. The molecule has 4 rings (SSSR count). The van der Waals surface area contributed by atoms with E-state index in [0.29, 0.717) is 5.82 Å². The van der Waals surface area contributed by atoms with Crippen LogP contribution >= 0.6 is 0 Å². The van der Waals surface area contributed by atoms with Crippen LogP contribution in [0.25, 0.3) is 22.3 Å². The zero-order valence-corrected chi connectivity index (χ0v) is 13.9. The summed E-state index contributed by atoms with van der Waals surface area (Å²) in [6.45, 7) is 5.87. The number of fused-ring (bicyclic) bond motifs is 1. The number of para-hydroxylation sites is 1. The molecule has 122 valence electrons. The predicted octanol–water partition coefficient (Wildman–Crippen LogP) is 3.31. The molecule has 0 aliphatic carbocycles. The van der Waals surface area contributed by atoms with Crippen molar-refractivity contribution in [2.24, 2.45) is 0 Å². The van der Waals surface area contributed by atoms with E-state index in [0.717, 1.165) is 35.4 Å². The van der Waals surface area contributed by atoms with Gasteiger partial charge in [-0.3, -0.25) is 4.98 Å². The van der Waals surface area contributed by atoms with Gasteiger partial charge in [-0.25, -0.2) is 9.97 Å². The van der Waals surface area contributed by atoms with E-state index < -0.39 is 0 Å². The van der Waals surface area contributed by atoms with Gasteiger partial charge in [-0.05, 0) is 38.1 Å². The van der Waals surface area contributed by atoms with Gasteiger partial charge in [-0.2, -0.15) is 0 Å². The minimum absolute atomic E-state index is 0.185. The summed E-state index contributed by atoms with van der Waals surface area (Å²) in [5.41, 5.74) is 1.88. The van der Waals surface area contributed by atoms with Crippen molar-refractivity contribution in [3.05, 3.63) is 48.8 Å². The zero-order chi connectivity index (χ0) is 16.5. The Kier molecular flexibility index (Phi) is 3.86. The third-order valence-corrected chi connectivity index (χ3v) is 4.22. The summed E-state index contributed by atoms with van der Waals surface area (Å²) in [6, 6.07) is 12.1. The van der Waals surface area contributed by atoms with Crippen LogP contribution in [0.15, 0.2) is 48.8 Å². The third kappa shape index (κ3) is 2.83. The highest BCUT2D eigenvalue weighted by Crippen LogP contribution is 2.29. The molecule has 2 aromatic heterocycles. The molecule has 5 heteroatoms. The number of nitrogens with zero attached hydrogens (tertiary/aromatic N) is 4. The van der Waals surface area contributed by atoms with Crippen LogP contribution in [0.2, 0.25) is 0 Å². The van der Waals surface area contributed by atoms with Crippen LogP contribution < -0.4 is 4.90 Å². The Labute approximate surface area is 141 Å². The SMILES string of the molecule is CC1CN(c2nc(-c3cccnc3)nc3ccccc23)CC(C)O1. The topological polar surface area (TPSA) is 51.1 Å². The van der Waals surface area contributed by atoms with Crippen molar-refractivity contribution >= 4 is 16.7 Å². The van der Waals surface area contributed by atoms with E-state index >= 15 is 0 Å². The quantitative estimate of drug-likeness (QED) is 0.725. The number of anilines is 1. The van der Waals surface area contributed by atoms with Crippen LogP contribution in [0.4, 0.5) is 5.82 Å². The lowest BCUT2D eigenvalue weighted by atomic mass is 10.1. The van der Waals surface area contributed by atoms with Gasteiger partial charge in [0.25, 0.3) is 0 Å². The van der Waals surface area contributed by atoms with Crippen LogP contribution in [-0.4, -0.2) is 40.2 Å². The van der Waals surface area contributed by atoms with Gasteiger partial charge in [0.05, 0.1) is 17.7 Å². The van der Waals surface area contributed by atoms with E-state index in [4.69, 9.17) is 14.7 Å². The van der Waals surface area contributed by atoms with Gasteiger partial charge in [-0.15, -0.1) is 0 Å². The number of morpholine rings is 1. The third-order valence-electron chi connectivity index (χ3n) is 4.22. The number of benzene rings is 1. The summed E-state index contributed by atoms with van der Waals surface area (Å²) in [5.74, 6) is 1.69. The van der Waals surface area contributed by atoms with Gasteiger partial charge in [0.15, 0.2) is 5.82 Å². The maximum atomic E-state index is 5.87. The number of ether oxygens (including phenoxy) is 1. The van der Waals surface area contributed by atoms with Crippen molar-refractivity contribution < 1.29 is 4.74 Å². The molecule has 1 aromatic carbocycles. The van der Waals surface area contributed by atoms with Gasteiger partial charge < -0.3 is 9.64 Å². The fraction of sp³-hybridized carbons (Fsp3) is 0.316. The van der Waals surface area contributed by atoms with Gasteiger partial charge in [0.1, 0.15) is 5.82 Å². The molecule has 3 heterocycles. The normalized spacial score (nSPS) is 21.2. The van der Waals surface area contributed by atoms with E-state index in [-0.39, 0.29) is 12.2 Å². The zero-order valence-electron chi connectivity index (χ0n) is 13.9. The lowest BCUT2D eigenvalue weighted by Crippen LogP contribution is -2.46. The smallest absolute Gasteiger partial charge is 0.163 e. The minimum Gasteiger partial charge on any atom is -0.372 e. The van der Waals surface area contributed by atoms with Gasteiger partial charge >= 0.3 is 0 Å². The van der Waals surface area contributed by atoms with E-state index in [1.807, 2.05) is 30.3 Å². The number of hydrogen-bond acceptors (Lipinski definition) is 5. The van der Waals surface area contributed by atoms with Crippen molar-refractivity contribution in [2.75, 3.05) is 18.0 Å². The Balaban J connectivity index is 1.87. The molecule has 0 radical (unpaired) electrons. The Hall–Kier alpha value is -2.53. The first-order valence-corrected chi connectivity index (χ1v) is 8.28.